The van der Waals surface area contributed by atoms with Crippen LogP contribution in [0, 0.1) is 13.8 Å². The number of thiazole rings is 1. The number of nitrogens with zero attached hydrogens (tertiary/aromatic N) is 2. The Morgan fingerprint density at radius 2 is 2.17 bits per heavy atom. The van der Waals surface area contributed by atoms with Crippen molar-refractivity contribution >= 4 is 39.7 Å². The number of rotatable bonds is 3. The number of aliphatic imine (C=N–C) groups is 1. The van der Waals surface area contributed by atoms with Crippen LogP contribution in [0.25, 0.3) is 0 Å². The Balaban J connectivity index is 2.00. The molecule has 0 unspecified atom stereocenters. The first-order valence-electron chi connectivity index (χ1n) is 7.15. The van der Waals surface area contributed by atoms with Crippen LogP contribution in [0.15, 0.2) is 23.2 Å². The topological polar surface area (TPSA) is 80.6 Å². The molecule has 1 aromatic heterocycles. The van der Waals surface area contributed by atoms with Crippen LogP contribution < -0.4 is 5.32 Å². The second kappa shape index (κ2) is 5.92. The van der Waals surface area contributed by atoms with Crippen molar-refractivity contribution in [1.82, 2.24) is 4.98 Å². The zero-order valence-electron chi connectivity index (χ0n) is 13.0. The van der Waals surface area contributed by atoms with E-state index in [2.05, 4.69) is 15.3 Å². The molecule has 0 atom stereocenters. The summed E-state index contributed by atoms with van der Waals surface area (Å²) in [7, 11) is 0. The highest BCUT2D eigenvalue weighted by Crippen LogP contribution is 2.30. The fourth-order valence-corrected chi connectivity index (χ4v) is 3.13. The van der Waals surface area contributed by atoms with Gasteiger partial charge in [0.15, 0.2) is 0 Å². The predicted molar refractivity (Wildman–Crippen MR) is 88.8 cm³/mol. The first-order chi connectivity index (χ1) is 11.0. The number of esters is 1. The summed E-state index contributed by atoms with van der Waals surface area (Å²) >= 11 is 1.12. The third kappa shape index (κ3) is 2.87. The third-order valence-corrected chi connectivity index (χ3v) is 4.38. The summed E-state index contributed by atoms with van der Waals surface area (Å²) in [6, 6.07) is 5.68. The van der Waals surface area contributed by atoms with Crippen LogP contribution in [0.3, 0.4) is 0 Å². The maximum atomic E-state index is 12.1. The minimum atomic E-state index is -0.416. The van der Waals surface area contributed by atoms with Crippen molar-refractivity contribution in [3.05, 3.63) is 39.9 Å². The fourth-order valence-electron chi connectivity index (χ4n) is 2.29. The molecule has 0 spiro atoms. The van der Waals surface area contributed by atoms with Gasteiger partial charge in [0.1, 0.15) is 10.6 Å². The van der Waals surface area contributed by atoms with Crippen molar-refractivity contribution < 1.29 is 14.3 Å². The van der Waals surface area contributed by atoms with Crippen molar-refractivity contribution in [2.45, 2.75) is 20.8 Å². The zero-order valence-corrected chi connectivity index (χ0v) is 13.8. The van der Waals surface area contributed by atoms with Crippen LogP contribution >= 0.6 is 11.3 Å². The molecule has 2 aromatic rings. The van der Waals surface area contributed by atoms with Crippen LogP contribution in [-0.4, -0.2) is 29.2 Å². The number of aryl methyl sites for hydroxylation is 2. The second-order valence-corrected chi connectivity index (χ2v) is 6.07. The molecule has 6 nitrogen and oxygen atoms in total. The predicted octanol–water partition coefficient (Wildman–Crippen LogP) is 3.01. The molecular weight excluding hydrogens is 314 g/mol. The summed E-state index contributed by atoms with van der Waals surface area (Å²) in [6.07, 6.45) is 0. The normalized spacial score (nSPS) is 14.7. The van der Waals surface area contributed by atoms with Crippen molar-refractivity contribution in [3.8, 4) is 0 Å². The summed E-state index contributed by atoms with van der Waals surface area (Å²) in [5, 5.41) is 3.14. The lowest BCUT2D eigenvalue weighted by molar-refractivity contribution is -0.110. The minimum Gasteiger partial charge on any atom is -0.462 e. The molecule has 118 valence electrons. The largest absolute Gasteiger partial charge is 0.462 e. The van der Waals surface area contributed by atoms with E-state index in [1.807, 2.05) is 25.1 Å². The first-order valence-corrected chi connectivity index (χ1v) is 7.97. The summed E-state index contributed by atoms with van der Waals surface area (Å²) < 4.78 is 4.99. The molecule has 1 aromatic carbocycles. The summed E-state index contributed by atoms with van der Waals surface area (Å²) in [4.78, 5) is 33.0. The standard InChI is InChI=1S/C16H15N3O3S/c1-4-22-15(21)13-9(3)17-16(23-13)19-12-10-7-8(2)5-6-11(10)18-14(12)20/h5-7H,4H2,1-3H3,(H,17,18,19,20). The van der Waals surface area contributed by atoms with E-state index >= 15 is 0 Å². The molecule has 0 aliphatic carbocycles. The van der Waals surface area contributed by atoms with Crippen LogP contribution in [-0.2, 0) is 9.53 Å². The molecular formula is C16H15N3O3S. The Kier molecular flexibility index (Phi) is 3.96. The van der Waals surface area contributed by atoms with Gasteiger partial charge in [-0.3, -0.25) is 4.79 Å². The number of nitrogens with one attached hydrogen (secondary N) is 1. The van der Waals surface area contributed by atoms with E-state index in [0.717, 1.165) is 28.2 Å². The lowest BCUT2D eigenvalue weighted by Gasteiger charge is -1.98. The van der Waals surface area contributed by atoms with Gasteiger partial charge < -0.3 is 10.1 Å². The van der Waals surface area contributed by atoms with Gasteiger partial charge in [-0.15, -0.1) is 0 Å². The molecule has 0 bridgehead atoms. The highest BCUT2D eigenvalue weighted by Gasteiger charge is 2.27. The van der Waals surface area contributed by atoms with Gasteiger partial charge in [-0.2, -0.15) is 0 Å². The van der Waals surface area contributed by atoms with Crippen molar-refractivity contribution in [2.75, 3.05) is 11.9 Å². The van der Waals surface area contributed by atoms with Gasteiger partial charge in [0.2, 0.25) is 5.13 Å². The minimum absolute atomic E-state index is 0.267. The molecule has 23 heavy (non-hydrogen) atoms. The van der Waals surface area contributed by atoms with Gasteiger partial charge in [0.25, 0.3) is 5.91 Å². The van der Waals surface area contributed by atoms with Crippen LogP contribution in [0.5, 0.6) is 0 Å². The van der Waals surface area contributed by atoms with Crippen LogP contribution in [0.1, 0.15) is 33.4 Å². The smallest absolute Gasteiger partial charge is 0.350 e. The van der Waals surface area contributed by atoms with Crippen LogP contribution in [0.4, 0.5) is 10.8 Å². The lowest BCUT2D eigenvalue weighted by atomic mass is 10.1. The number of ether oxygens (including phenoxy) is 1. The molecule has 0 fully saturated rings. The number of anilines is 1. The molecule has 7 heteroatoms. The van der Waals surface area contributed by atoms with Gasteiger partial charge in [-0.25, -0.2) is 14.8 Å². The maximum Gasteiger partial charge on any atom is 0.350 e. The Hall–Kier alpha value is -2.54. The van der Waals surface area contributed by atoms with Crippen molar-refractivity contribution in [3.63, 3.8) is 0 Å². The molecule has 0 saturated heterocycles. The molecule has 1 aliphatic heterocycles. The number of fused-ring (bicyclic) bond motifs is 1. The van der Waals surface area contributed by atoms with Gasteiger partial charge in [-0.1, -0.05) is 23.0 Å². The first kappa shape index (κ1) is 15.4. The highest BCUT2D eigenvalue weighted by molar-refractivity contribution is 7.17. The van der Waals surface area contributed by atoms with Gasteiger partial charge in [-0.05, 0) is 32.9 Å². The quantitative estimate of drug-likeness (QED) is 0.878. The fraction of sp³-hybridized carbons (Fsp3) is 0.250. The molecule has 1 N–H and O–H groups in total. The van der Waals surface area contributed by atoms with Crippen LogP contribution in [0.2, 0.25) is 0 Å². The van der Waals surface area contributed by atoms with Gasteiger partial charge in [0.05, 0.1) is 18.0 Å². The third-order valence-electron chi connectivity index (χ3n) is 3.35. The van der Waals surface area contributed by atoms with Gasteiger partial charge >= 0.3 is 5.97 Å². The number of benzene rings is 1. The average molecular weight is 329 g/mol. The zero-order chi connectivity index (χ0) is 16.6. The van der Waals surface area contributed by atoms with E-state index in [1.54, 1.807) is 13.8 Å². The Labute approximate surface area is 137 Å². The number of amides is 1. The number of carbonyl (C=O) groups excluding carboxylic acids is 2. The second-order valence-electron chi connectivity index (χ2n) is 5.10. The molecule has 0 saturated carbocycles. The van der Waals surface area contributed by atoms with E-state index in [1.165, 1.54) is 0 Å². The SMILES string of the molecule is CCOC(=O)c1sc(/N=C2\C(=O)Nc3ccc(C)cc32)nc1C. The van der Waals surface area contributed by atoms with Gasteiger partial charge in [0, 0.05) is 5.56 Å². The molecule has 3 rings (SSSR count). The molecule has 1 amide bonds. The summed E-state index contributed by atoms with van der Waals surface area (Å²) in [6.45, 7) is 5.72. The van der Waals surface area contributed by atoms with Crippen molar-refractivity contribution in [2.24, 2.45) is 4.99 Å². The number of hydrogen-bond acceptors (Lipinski definition) is 6. The molecule has 2 heterocycles. The lowest BCUT2D eigenvalue weighted by Crippen LogP contribution is -2.13. The maximum absolute atomic E-state index is 12.1. The highest BCUT2D eigenvalue weighted by atomic mass is 32.1. The molecule has 1 aliphatic rings. The van der Waals surface area contributed by atoms with E-state index in [-0.39, 0.29) is 5.91 Å². The molecule has 0 radical (unpaired) electrons. The number of hydrogen-bond donors (Lipinski definition) is 1. The summed E-state index contributed by atoms with van der Waals surface area (Å²) in [5.74, 6) is -0.683. The summed E-state index contributed by atoms with van der Waals surface area (Å²) in [5.41, 5.74) is 3.39. The number of carbonyl (C=O) groups is 2. The Morgan fingerprint density at radius 3 is 2.91 bits per heavy atom. The monoisotopic (exact) mass is 329 g/mol. The average Bonchev–Trinajstić information content (AvgIpc) is 3.01. The van der Waals surface area contributed by atoms with E-state index in [9.17, 15) is 9.59 Å². The number of aromatic nitrogens is 1. The Bertz CT molecular complexity index is 839. The Morgan fingerprint density at radius 1 is 1.39 bits per heavy atom. The van der Waals surface area contributed by atoms with E-state index < -0.39 is 5.97 Å². The van der Waals surface area contributed by atoms with E-state index in [0.29, 0.717) is 28.0 Å². The van der Waals surface area contributed by atoms with Crippen molar-refractivity contribution in [1.29, 1.82) is 0 Å². The van der Waals surface area contributed by atoms with E-state index in [4.69, 9.17) is 4.74 Å².